The van der Waals surface area contributed by atoms with E-state index in [-0.39, 0.29) is 12.0 Å². The molecule has 5 nitrogen and oxygen atoms in total. The topological polar surface area (TPSA) is 61.8 Å². The summed E-state index contributed by atoms with van der Waals surface area (Å²) in [5.41, 5.74) is 3.27. The Kier molecular flexibility index (Phi) is 6.25. The van der Waals surface area contributed by atoms with Crippen LogP contribution in [-0.2, 0) is 30.2 Å². The molecule has 3 rings (SSSR count). The molecule has 1 heterocycles. The Hall–Kier alpha value is -1.73. The summed E-state index contributed by atoms with van der Waals surface area (Å²) >= 11 is 0. The van der Waals surface area contributed by atoms with E-state index in [1.54, 1.807) is 0 Å². The highest BCUT2D eigenvalue weighted by atomic mass is 32.2. The van der Waals surface area contributed by atoms with Crippen molar-refractivity contribution in [3.63, 3.8) is 0 Å². The Balaban J connectivity index is 1.76. The van der Waals surface area contributed by atoms with Crippen LogP contribution in [0, 0.1) is 5.92 Å². The number of hydrogen-bond donors (Lipinski definition) is 0. The van der Waals surface area contributed by atoms with Gasteiger partial charge >= 0.3 is 0 Å². The van der Waals surface area contributed by atoms with Crippen LogP contribution >= 0.6 is 0 Å². The van der Waals surface area contributed by atoms with Crippen LogP contribution in [-0.4, -0.2) is 39.3 Å². The maximum absolute atomic E-state index is 11.8. The van der Waals surface area contributed by atoms with Gasteiger partial charge in [-0.2, -0.15) is 8.42 Å². The molecule has 0 aromatic heterocycles. The van der Waals surface area contributed by atoms with Crippen molar-refractivity contribution >= 4 is 10.1 Å². The summed E-state index contributed by atoms with van der Waals surface area (Å²) in [6.45, 7) is 6.08. The van der Waals surface area contributed by atoms with Crippen molar-refractivity contribution in [1.82, 2.24) is 0 Å². The van der Waals surface area contributed by atoms with E-state index in [2.05, 4.69) is 12.1 Å². The van der Waals surface area contributed by atoms with Gasteiger partial charge in [0.15, 0.2) is 5.79 Å². The molecule has 2 unspecified atom stereocenters. The van der Waals surface area contributed by atoms with E-state index in [1.807, 2.05) is 63.2 Å². The second-order valence-corrected chi connectivity index (χ2v) is 9.43. The van der Waals surface area contributed by atoms with Crippen molar-refractivity contribution in [2.24, 2.45) is 5.92 Å². The molecule has 0 N–H and O–H groups in total. The second kappa shape index (κ2) is 8.33. The van der Waals surface area contributed by atoms with Gasteiger partial charge in [-0.3, -0.25) is 4.18 Å². The first-order chi connectivity index (χ1) is 13.1. The van der Waals surface area contributed by atoms with Gasteiger partial charge in [0.1, 0.15) is 0 Å². The van der Waals surface area contributed by atoms with Crippen LogP contribution < -0.4 is 0 Å². The fourth-order valence-electron chi connectivity index (χ4n) is 3.44. The Bertz CT molecular complexity index is 875. The maximum Gasteiger partial charge on any atom is 0.264 e. The standard InChI is InChI=1S/C22H28O5S/c1-16(21-15-25-22(2,3)26-21)20(27-28(4,23)24)14-17-10-12-19(13-11-17)18-8-6-5-7-9-18/h5-13,16,20-21H,14-15H2,1-4H3/t16?,20?,21-/m1/s1. The highest BCUT2D eigenvalue weighted by Crippen LogP contribution is 2.31. The molecule has 0 aliphatic carbocycles. The molecule has 152 valence electrons. The van der Waals surface area contributed by atoms with Crippen LogP contribution in [0.4, 0.5) is 0 Å². The van der Waals surface area contributed by atoms with Crippen LogP contribution in [0.15, 0.2) is 54.6 Å². The summed E-state index contributed by atoms with van der Waals surface area (Å²) in [6, 6.07) is 18.3. The van der Waals surface area contributed by atoms with Gasteiger partial charge < -0.3 is 9.47 Å². The predicted molar refractivity (Wildman–Crippen MR) is 109 cm³/mol. The lowest BCUT2D eigenvalue weighted by atomic mass is 9.92. The fourth-order valence-corrected chi connectivity index (χ4v) is 4.13. The summed E-state index contributed by atoms with van der Waals surface area (Å²) in [7, 11) is -3.59. The Labute approximate surface area is 167 Å². The monoisotopic (exact) mass is 404 g/mol. The smallest absolute Gasteiger partial charge is 0.264 e. The van der Waals surface area contributed by atoms with E-state index >= 15 is 0 Å². The molecule has 1 aliphatic rings. The van der Waals surface area contributed by atoms with Crippen molar-refractivity contribution in [1.29, 1.82) is 0 Å². The van der Waals surface area contributed by atoms with Crippen LogP contribution in [0.25, 0.3) is 11.1 Å². The number of hydrogen-bond acceptors (Lipinski definition) is 5. The Morgan fingerprint density at radius 2 is 1.68 bits per heavy atom. The first kappa shape index (κ1) is 21.0. The van der Waals surface area contributed by atoms with Crippen LogP contribution in [0.5, 0.6) is 0 Å². The zero-order chi connectivity index (χ0) is 20.4. The molecule has 1 fully saturated rings. The molecule has 0 bridgehead atoms. The van der Waals surface area contributed by atoms with E-state index in [9.17, 15) is 8.42 Å². The van der Waals surface area contributed by atoms with Crippen molar-refractivity contribution in [3.05, 3.63) is 60.2 Å². The minimum absolute atomic E-state index is 0.148. The lowest BCUT2D eigenvalue weighted by Gasteiger charge is -2.28. The van der Waals surface area contributed by atoms with Gasteiger partial charge in [-0.15, -0.1) is 0 Å². The van der Waals surface area contributed by atoms with E-state index in [0.717, 1.165) is 22.9 Å². The fraction of sp³-hybridized carbons (Fsp3) is 0.455. The van der Waals surface area contributed by atoms with Gasteiger partial charge in [0.25, 0.3) is 10.1 Å². The quantitative estimate of drug-likeness (QED) is 0.652. The maximum atomic E-state index is 11.8. The summed E-state index contributed by atoms with van der Waals surface area (Å²) in [5.74, 6) is -0.809. The molecule has 0 saturated carbocycles. The van der Waals surface area contributed by atoms with Crippen molar-refractivity contribution < 1.29 is 22.1 Å². The van der Waals surface area contributed by atoms with Crippen LogP contribution in [0.1, 0.15) is 26.3 Å². The highest BCUT2D eigenvalue weighted by molar-refractivity contribution is 7.86. The Morgan fingerprint density at radius 1 is 1.07 bits per heavy atom. The SMILES string of the molecule is CC(C(Cc1ccc(-c2ccccc2)cc1)OS(C)(=O)=O)[C@H]1COC(C)(C)O1. The van der Waals surface area contributed by atoms with E-state index in [0.29, 0.717) is 13.0 Å². The largest absolute Gasteiger partial charge is 0.348 e. The average Bonchev–Trinajstić information content (AvgIpc) is 3.01. The van der Waals surface area contributed by atoms with Gasteiger partial charge in [-0.1, -0.05) is 61.5 Å². The molecule has 1 aliphatic heterocycles. The molecule has 28 heavy (non-hydrogen) atoms. The molecule has 1 saturated heterocycles. The van der Waals surface area contributed by atoms with Gasteiger partial charge in [0.2, 0.25) is 0 Å². The third kappa shape index (κ3) is 5.64. The molecular weight excluding hydrogens is 376 g/mol. The lowest BCUT2D eigenvalue weighted by molar-refractivity contribution is -0.147. The second-order valence-electron chi connectivity index (χ2n) is 7.83. The number of rotatable bonds is 7. The molecule has 2 aromatic carbocycles. The van der Waals surface area contributed by atoms with E-state index in [4.69, 9.17) is 13.7 Å². The van der Waals surface area contributed by atoms with Crippen LogP contribution in [0.3, 0.4) is 0 Å². The van der Waals surface area contributed by atoms with E-state index < -0.39 is 22.0 Å². The molecule has 2 aromatic rings. The van der Waals surface area contributed by atoms with Gasteiger partial charge in [0, 0.05) is 12.3 Å². The third-order valence-corrected chi connectivity index (χ3v) is 5.60. The first-order valence-electron chi connectivity index (χ1n) is 9.47. The summed E-state index contributed by atoms with van der Waals surface area (Å²) < 4.78 is 40.6. The zero-order valence-corrected chi connectivity index (χ0v) is 17.6. The molecular formula is C22H28O5S. The molecule has 6 heteroatoms. The van der Waals surface area contributed by atoms with Gasteiger partial charge in [0.05, 0.1) is 25.1 Å². The third-order valence-electron chi connectivity index (χ3n) is 5.00. The highest BCUT2D eigenvalue weighted by Gasteiger charge is 2.39. The summed E-state index contributed by atoms with van der Waals surface area (Å²) in [6.07, 6.45) is 0.815. The van der Waals surface area contributed by atoms with Crippen molar-refractivity contribution in [3.8, 4) is 11.1 Å². The molecule has 0 spiro atoms. The zero-order valence-electron chi connectivity index (χ0n) is 16.8. The van der Waals surface area contributed by atoms with Gasteiger partial charge in [-0.25, -0.2) is 0 Å². The first-order valence-corrected chi connectivity index (χ1v) is 11.3. The minimum atomic E-state index is -3.59. The van der Waals surface area contributed by atoms with Gasteiger partial charge in [-0.05, 0) is 30.5 Å². The van der Waals surface area contributed by atoms with Crippen molar-refractivity contribution in [2.45, 2.75) is 45.2 Å². The lowest BCUT2D eigenvalue weighted by Crippen LogP contribution is -2.37. The summed E-state index contributed by atoms with van der Waals surface area (Å²) in [5, 5.41) is 0. The molecule has 0 amide bonds. The minimum Gasteiger partial charge on any atom is -0.348 e. The number of ether oxygens (including phenoxy) is 2. The Morgan fingerprint density at radius 3 is 2.21 bits per heavy atom. The van der Waals surface area contributed by atoms with Crippen molar-refractivity contribution in [2.75, 3.05) is 12.9 Å². The number of benzene rings is 2. The average molecular weight is 405 g/mol. The molecule has 0 radical (unpaired) electrons. The normalized spacial score (nSPS) is 21.4. The van der Waals surface area contributed by atoms with Crippen LogP contribution in [0.2, 0.25) is 0 Å². The molecule has 3 atom stereocenters. The predicted octanol–water partition coefficient (Wildman–Crippen LogP) is 4.03. The van der Waals surface area contributed by atoms with E-state index in [1.165, 1.54) is 0 Å². The summed E-state index contributed by atoms with van der Waals surface area (Å²) in [4.78, 5) is 0.